The van der Waals surface area contributed by atoms with Gasteiger partial charge in [0.25, 0.3) is 0 Å². The third-order valence-electron chi connectivity index (χ3n) is 3.38. The fourth-order valence-electron chi connectivity index (χ4n) is 2.30. The molecule has 19 heavy (non-hydrogen) atoms. The van der Waals surface area contributed by atoms with Gasteiger partial charge in [0.2, 0.25) is 8.32 Å². The van der Waals surface area contributed by atoms with Gasteiger partial charge in [0.05, 0.1) is 5.60 Å². The highest BCUT2D eigenvalue weighted by molar-refractivity contribution is 6.84. The second-order valence-electron chi connectivity index (χ2n) is 6.81. The van der Waals surface area contributed by atoms with Gasteiger partial charge in [-0.2, -0.15) is 0 Å². The number of rotatable bonds is 6. The van der Waals surface area contributed by atoms with E-state index in [1.165, 1.54) is 11.6 Å². The zero-order valence-electron chi connectivity index (χ0n) is 13.1. The summed E-state index contributed by atoms with van der Waals surface area (Å²) < 4.78 is 6.50. The molecule has 0 aliphatic heterocycles. The molecule has 0 amide bonds. The van der Waals surface area contributed by atoms with Crippen molar-refractivity contribution in [3.63, 3.8) is 0 Å². The first-order chi connectivity index (χ1) is 8.62. The van der Waals surface area contributed by atoms with Crippen LogP contribution in [-0.2, 0) is 4.43 Å². The summed E-state index contributed by atoms with van der Waals surface area (Å²) >= 11 is 6.09. The molecule has 1 aromatic rings. The first-order valence-corrected chi connectivity index (χ1v) is 10.4. The lowest BCUT2D eigenvalue weighted by molar-refractivity contribution is 0.0870. The van der Waals surface area contributed by atoms with Gasteiger partial charge in [-0.15, -0.1) is 0 Å². The Morgan fingerprint density at radius 2 is 1.89 bits per heavy atom. The van der Waals surface area contributed by atoms with Crippen molar-refractivity contribution < 1.29 is 4.43 Å². The molecular weight excluding hydrogens is 272 g/mol. The van der Waals surface area contributed by atoms with E-state index in [9.17, 15) is 0 Å². The van der Waals surface area contributed by atoms with E-state index in [4.69, 9.17) is 16.0 Å². The highest BCUT2D eigenvalue weighted by Gasteiger charge is 2.33. The minimum atomic E-state index is -1.90. The Balaban J connectivity index is 2.78. The van der Waals surface area contributed by atoms with Crippen LogP contribution in [0, 0.1) is 5.92 Å². The molecule has 0 aliphatic rings. The van der Waals surface area contributed by atoms with Crippen molar-refractivity contribution in [1.82, 2.24) is 0 Å². The molecule has 3 heteroatoms. The van der Waals surface area contributed by atoms with Gasteiger partial charge in [0.1, 0.15) is 0 Å². The van der Waals surface area contributed by atoms with Gasteiger partial charge < -0.3 is 4.43 Å². The van der Waals surface area contributed by atoms with E-state index in [0.717, 1.165) is 17.4 Å². The second kappa shape index (κ2) is 6.42. The van der Waals surface area contributed by atoms with Crippen molar-refractivity contribution in [3.05, 3.63) is 29.3 Å². The van der Waals surface area contributed by atoms with Crippen molar-refractivity contribution in [1.29, 1.82) is 0 Å². The smallest absolute Gasteiger partial charge is 0.218 e. The summed E-state index contributed by atoms with van der Waals surface area (Å²) in [5, 5.41) is 2.05. The minimum absolute atomic E-state index is 0.0672. The summed E-state index contributed by atoms with van der Waals surface area (Å²) in [4.78, 5) is 0. The average Bonchev–Trinajstić information content (AvgIpc) is 2.25. The molecule has 108 valence electrons. The number of benzene rings is 1. The Bertz CT molecular complexity index is 413. The minimum Gasteiger partial charge on any atom is -0.408 e. The fraction of sp³-hybridized carbons (Fsp3) is 0.625. The van der Waals surface area contributed by atoms with Gasteiger partial charge in [0.15, 0.2) is 0 Å². The van der Waals surface area contributed by atoms with Crippen molar-refractivity contribution >= 4 is 25.1 Å². The van der Waals surface area contributed by atoms with Gasteiger partial charge in [-0.25, -0.2) is 0 Å². The standard InChI is InChI=1S/C16H27ClOSi/c1-13(2)10-11-16(3,4)18-19(5,6)15-9-7-8-14(17)12-15/h7-9,12-13H,10-11H2,1-6H3. The molecule has 0 saturated heterocycles. The van der Waals surface area contributed by atoms with E-state index in [2.05, 4.69) is 46.9 Å². The Morgan fingerprint density at radius 3 is 2.42 bits per heavy atom. The van der Waals surface area contributed by atoms with Gasteiger partial charge >= 0.3 is 0 Å². The van der Waals surface area contributed by atoms with Crippen LogP contribution in [0.25, 0.3) is 0 Å². The van der Waals surface area contributed by atoms with E-state index in [-0.39, 0.29) is 5.60 Å². The predicted octanol–water partition coefficient (Wildman–Crippen LogP) is 4.98. The molecular formula is C16H27ClOSi. The van der Waals surface area contributed by atoms with E-state index in [0.29, 0.717) is 0 Å². The van der Waals surface area contributed by atoms with Crippen LogP contribution in [0.1, 0.15) is 40.5 Å². The molecule has 0 heterocycles. The summed E-state index contributed by atoms with van der Waals surface area (Å²) in [6.07, 6.45) is 2.30. The molecule has 1 nitrogen and oxygen atoms in total. The lowest BCUT2D eigenvalue weighted by Gasteiger charge is -2.36. The number of hydrogen-bond acceptors (Lipinski definition) is 1. The highest BCUT2D eigenvalue weighted by atomic mass is 35.5. The van der Waals surface area contributed by atoms with Crippen LogP contribution >= 0.6 is 11.6 Å². The topological polar surface area (TPSA) is 9.23 Å². The molecule has 1 aromatic carbocycles. The van der Waals surface area contributed by atoms with Crippen LogP contribution in [0.2, 0.25) is 18.1 Å². The zero-order chi connectivity index (χ0) is 14.7. The Hall–Kier alpha value is -0.313. The predicted molar refractivity (Wildman–Crippen MR) is 87.8 cm³/mol. The van der Waals surface area contributed by atoms with Gasteiger partial charge in [-0.3, -0.25) is 0 Å². The molecule has 0 N–H and O–H groups in total. The molecule has 0 bridgehead atoms. The maximum absolute atomic E-state index is 6.50. The lowest BCUT2D eigenvalue weighted by Crippen LogP contribution is -2.50. The Labute approximate surface area is 124 Å². The quantitative estimate of drug-likeness (QED) is 0.673. The van der Waals surface area contributed by atoms with Crippen LogP contribution in [0.15, 0.2) is 24.3 Å². The normalized spacial score (nSPS) is 13.1. The van der Waals surface area contributed by atoms with Crippen LogP contribution < -0.4 is 5.19 Å². The molecule has 1 rings (SSSR count). The third kappa shape index (κ3) is 5.68. The summed E-state index contributed by atoms with van der Waals surface area (Å²) in [6.45, 7) is 13.4. The van der Waals surface area contributed by atoms with Gasteiger partial charge in [0, 0.05) is 5.02 Å². The van der Waals surface area contributed by atoms with E-state index < -0.39 is 8.32 Å². The molecule has 0 saturated carbocycles. The Morgan fingerprint density at radius 1 is 1.26 bits per heavy atom. The summed E-state index contributed by atoms with van der Waals surface area (Å²) in [5.41, 5.74) is -0.0672. The number of hydrogen-bond donors (Lipinski definition) is 0. The third-order valence-corrected chi connectivity index (χ3v) is 6.37. The summed E-state index contributed by atoms with van der Waals surface area (Å²) in [6, 6.07) is 8.11. The van der Waals surface area contributed by atoms with Crippen molar-refractivity contribution in [3.8, 4) is 0 Å². The van der Waals surface area contributed by atoms with Crippen LogP contribution in [0.5, 0.6) is 0 Å². The molecule has 0 atom stereocenters. The first-order valence-electron chi connectivity index (χ1n) is 7.09. The summed E-state index contributed by atoms with van der Waals surface area (Å²) in [7, 11) is -1.90. The fourth-order valence-corrected chi connectivity index (χ4v) is 5.18. The first kappa shape index (κ1) is 16.7. The Kier molecular flexibility index (Phi) is 5.66. The van der Waals surface area contributed by atoms with Crippen LogP contribution in [0.4, 0.5) is 0 Å². The maximum Gasteiger partial charge on any atom is 0.218 e. The van der Waals surface area contributed by atoms with Gasteiger partial charge in [-0.05, 0) is 63.0 Å². The largest absolute Gasteiger partial charge is 0.408 e. The van der Waals surface area contributed by atoms with E-state index in [1.807, 2.05) is 18.2 Å². The summed E-state index contributed by atoms with van der Waals surface area (Å²) in [5.74, 6) is 0.721. The molecule has 0 fully saturated rings. The highest BCUT2D eigenvalue weighted by Crippen LogP contribution is 2.25. The average molecular weight is 299 g/mol. The molecule has 0 aliphatic carbocycles. The zero-order valence-corrected chi connectivity index (χ0v) is 14.8. The molecule has 0 radical (unpaired) electrons. The van der Waals surface area contributed by atoms with Gasteiger partial charge in [-0.1, -0.05) is 37.6 Å². The SMILES string of the molecule is CC(C)CCC(C)(C)O[Si](C)(C)c1cccc(Cl)c1. The molecule has 0 unspecified atom stereocenters. The monoisotopic (exact) mass is 298 g/mol. The maximum atomic E-state index is 6.50. The van der Waals surface area contributed by atoms with Crippen molar-refractivity contribution in [2.75, 3.05) is 0 Å². The molecule has 0 spiro atoms. The second-order valence-corrected chi connectivity index (χ2v) is 11.1. The lowest BCUT2D eigenvalue weighted by atomic mass is 9.97. The van der Waals surface area contributed by atoms with Crippen molar-refractivity contribution in [2.45, 2.75) is 59.2 Å². The van der Waals surface area contributed by atoms with E-state index >= 15 is 0 Å². The molecule has 0 aromatic heterocycles. The van der Waals surface area contributed by atoms with Crippen LogP contribution in [-0.4, -0.2) is 13.9 Å². The van der Waals surface area contributed by atoms with Crippen LogP contribution in [0.3, 0.4) is 0 Å². The number of halogens is 1. The van der Waals surface area contributed by atoms with Crippen molar-refractivity contribution in [2.24, 2.45) is 5.92 Å². The van der Waals surface area contributed by atoms with E-state index in [1.54, 1.807) is 0 Å².